The summed E-state index contributed by atoms with van der Waals surface area (Å²) < 4.78 is 0. The van der Waals surface area contributed by atoms with Gasteiger partial charge in [-0.25, -0.2) is 0 Å². The van der Waals surface area contributed by atoms with Crippen molar-refractivity contribution in [3.05, 3.63) is 0 Å². The number of hydrogen-bond donors (Lipinski definition) is 1. The van der Waals surface area contributed by atoms with E-state index in [2.05, 4.69) is 33.0 Å². The molecule has 0 spiro atoms. The molecule has 84 valence electrons. The van der Waals surface area contributed by atoms with E-state index in [1.165, 1.54) is 38.6 Å². The average molecular weight is 197 g/mol. The molecule has 2 atom stereocenters. The van der Waals surface area contributed by atoms with E-state index in [1.807, 2.05) is 0 Å². The highest BCUT2D eigenvalue weighted by Gasteiger charge is 2.22. The van der Waals surface area contributed by atoms with Crippen LogP contribution in [-0.4, -0.2) is 12.6 Å². The van der Waals surface area contributed by atoms with Crippen LogP contribution in [0.5, 0.6) is 0 Å². The summed E-state index contributed by atoms with van der Waals surface area (Å²) in [5.41, 5.74) is 0.503. The summed E-state index contributed by atoms with van der Waals surface area (Å²) >= 11 is 0. The van der Waals surface area contributed by atoms with E-state index in [0.29, 0.717) is 5.41 Å². The van der Waals surface area contributed by atoms with Gasteiger partial charge in [0.05, 0.1) is 0 Å². The lowest BCUT2D eigenvalue weighted by molar-refractivity contribution is 0.346. The second-order valence-electron chi connectivity index (χ2n) is 6.13. The Balaban J connectivity index is 2.04. The smallest absolute Gasteiger partial charge is 0.00926 e. The van der Waals surface area contributed by atoms with E-state index in [9.17, 15) is 0 Å². The van der Waals surface area contributed by atoms with Crippen LogP contribution in [0.4, 0.5) is 0 Å². The number of nitrogens with one attached hydrogen (secondary N) is 1. The van der Waals surface area contributed by atoms with Gasteiger partial charge < -0.3 is 5.32 Å². The van der Waals surface area contributed by atoms with Crippen LogP contribution in [0.25, 0.3) is 0 Å². The molecule has 0 aromatic carbocycles. The summed E-state index contributed by atoms with van der Waals surface area (Å²) in [6, 6.07) is 0.815. The van der Waals surface area contributed by atoms with Crippen molar-refractivity contribution >= 4 is 0 Å². The number of hydrogen-bond acceptors (Lipinski definition) is 1. The lowest BCUT2D eigenvalue weighted by atomic mass is 9.90. The van der Waals surface area contributed by atoms with Crippen molar-refractivity contribution in [2.75, 3.05) is 6.54 Å². The maximum atomic E-state index is 3.70. The monoisotopic (exact) mass is 197 g/mol. The van der Waals surface area contributed by atoms with Gasteiger partial charge in [-0.3, -0.25) is 0 Å². The van der Waals surface area contributed by atoms with Crippen LogP contribution in [0.1, 0.15) is 59.8 Å². The Kier molecular flexibility index (Phi) is 4.43. The first kappa shape index (κ1) is 12.0. The molecule has 0 radical (unpaired) electrons. The molecule has 0 amide bonds. The number of rotatable bonds is 4. The van der Waals surface area contributed by atoms with Crippen molar-refractivity contribution < 1.29 is 0 Å². The average Bonchev–Trinajstić information content (AvgIpc) is 2.44. The molecule has 0 bridgehead atoms. The molecule has 0 aromatic heterocycles. The standard InChI is InChI=1S/C13H27N/c1-11-7-5-8-12(11)14-10-6-9-13(2,3)4/h11-12,14H,5-10H2,1-4H3. The molecule has 1 rings (SSSR count). The SMILES string of the molecule is CC1CCCC1NCCCC(C)(C)C. The van der Waals surface area contributed by atoms with E-state index < -0.39 is 0 Å². The Labute approximate surface area is 89.7 Å². The molecule has 1 aliphatic carbocycles. The van der Waals surface area contributed by atoms with Crippen molar-refractivity contribution in [3.8, 4) is 0 Å². The third-order valence-corrected chi connectivity index (χ3v) is 3.37. The van der Waals surface area contributed by atoms with Crippen molar-refractivity contribution in [1.29, 1.82) is 0 Å². The lowest BCUT2D eigenvalue weighted by Crippen LogP contribution is -2.32. The normalized spacial score (nSPS) is 28.3. The molecule has 0 aromatic rings. The summed E-state index contributed by atoms with van der Waals surface area (Å²) in [6.07, 6.45) is 6.92. The van der Waals surface area contributed by atoms with Gasteiger partial charge in [-0.05, 0) is 43.6 Å². The Hall–Kier alpha value is -0.0400. The van der Waals surface area contributed by atoms with Gasteiger partial charge in [-0.1, -0.05) is 34.1 Å². The Morgan fingerprint density at radius 2 is 1.93 bits per heavy atom. The van der Waals surface area contributed by atoms with E-state index in [4.69, 9.17) is 0 Å². The first-order valence-corrected chi connectivity index (χ1v) is 6.22. The van der Waals surface area contributed by atoms with Gasteiger partial charge in [0.1, 0.15) is 0 Å². The summed E-state index contributed by atoms with van der Waals surface area (Å²) in [5.74, 6) is 0.907. The van der Waals surface area contributed by atoms with Gasteiger partial charge in [0.15, 0.2) is 0 Å². The van der Waals surface area contributed by atoms with Crippen molar-refractivity contribution in [3.63, 3.8) is 0 Å². The van der Waals surface area contributed by atoms with Crippen LogP contribution in [0.3, 0.4) is 0 Å². The fourth-order valence-corrected chi connectivity index (χ4v) is 2.35. The molecule has 1 fully saturated rings. The Morgan fingerprint density at radius 1 is 1.21 bits per heavy atom. The topological polar surface area (TPSA) is 12.0 Å². The lowest BCUT2D eigenvalue weighted by Gasteiger charge is -2.20. The van der Waals surface area contributed by atoms with Crippen LogP contribution in [0.2, 0.25) is 0 Å². The van der Waals surface area contributed by atoms with Crippen LogP contribution in [0, 0.1) is 11.3 Å². The maximum absolute atomic E-state index is 3.70. The maximum Gasteiger partial charge on any atom is 0.00926 e. The highest BCUT2D eigenvalue weighted by molar-refractivity contribution is 4.80. The second kappa shape index (κ2) is 5.16. The first-order chi connectivity index (χ1) is 6.49. The molecule has 0 heterocycles. The van der Waals surface area contributed by atoms with E-state index in [0.717, 1.165) is 12.0 Å². The fourth-order valence-electron chi connectivity index (χ4n) is 2.35. The quantitative estimate of drug-likeness (QED) is 0.679. The largest absolute Gasteiger partial charge is 0.314 e. The summed E-state index contributed by atoms with van der Waals surface area (Å²) in [4.78, 5) is 0. The van der Waals surface area contributed by atoms with Crippen LogP contribution in [-0.2, 0) is 0 Å². The molecule has 14 heavy (non-hydrogen) atoms. The van der Waals surface area contributed by atoms with Gasteiger partial charge in [-0.15, -0.1) is 0 Å². The van der Waals surface area contributed by atoms with Gasteiger partial charge in [0.25, 0.3) is 0 Å². The highest BCUT2D eigenvalue weighted by atomic mass is 14.9. The van der Waals surface area contributed by atoms with Crippen LogP contribution in [0.15, 0.2) is 0 Å². The van der Waals surface area contributed by atoms with Crippen molar-refractivity contribution in [2.45, 2.75) is 65.8 Å². The van der Waals surface area contributed by atoms with Crippen LogP contribution >= 0.6 is 0 Å². The molecule has 1 N–H and O–H groups in total. The molecular weight excluding hydrogens is 170 g/mol. The zero-order chi connectivity index (χ0) is 10.6. The molecule has 1 aliphatic rings. The van der Waals surface area contributed by atoms with Gasteiger partial charge >= 0.3 is 0 Å². The predicted molar refractivity (Wildman–Crippen MR) is 63.5 cm³/mol. The van der Waals surface area contributed by atoms with Crippen LogP contribution < -0.4 is 5.32 Å². The summed E-state index contributed by atoms with van der Waals surface area (Å²) in [6.45, 7) is 10.6. The molecule has 1 nitrogen and oxygen atoms in total. The minimum absolute atomic E-state index is 0.503. The van der Waals surface area contributed by atoms with Gasteiger partial charge in [0.2, 0.25) is 0 Å². The minimum Gasteiger partial charge on any atom is -0.314 e. The highest BCUT2D eigenvalue weighted by Crippen LogP contribution is 2.25. The Morgan fingerprint density at radius 3 is 2.43 bits per heavy atom. The van der Waals surface area contributed by atoms with Gasteiger partial charge in [0, 0.05) is 6.04 Å². The zero-order valence-corrected chi connectivity index (χ0v) is 10.4. The molecule has 0 saturated heterocycles. The second-order valence-corrected chi connectivity index (χ2v) is 6.13. The summed E-state index contributed by atoms with van der Waals surface area (Å²) in [5, 5.41) is 3.70. The van der Waals surface area contributed by atoms with Crippen molar-refractivity contribution in [2.24, 2.45) is 11.3 Å². The summed E-state index contributed by atoms with van der Waals surface area (Å²) in [7, 11) is 0. The minimum atomic E-state index is 0.503. The van der Waals surface area contributed by atoms with Crippen molar-refractivity contribution in [1.82, 2.24) is 5.32 Å². The van der Waals surface area contributed by atoms with E-state index in [1.54, 1.807) is 0 Å². The third-order valence-electron chi connectivity index (χ3n) is 3.37. The molecule has 0 aliphatic heterocycles. The molecular formula is C13H27N. The molecule has 1 saturated carbocycles. The predicted octanol–water partition coefficient (Wildman–Crippen LogP) is 3.59. The van der Waals surface area contributed by atoms with E-state index >= 15 is 0 Å². The zero-order valence-electron chi connectivity index (χ0n) is 10.4. The van der Waals surface area contributed by atoms with Gasteiger partial charge in [-0.2, -0.15) is 0 Å². The Bertz CT molecular complexity index is 157. The van der Waals surface area contributed by atoms with E-state index in [-0.39, 0.29) is 0 Å². The molecule has 1 heteroatoms. The third kappa shape index (κ3) is 4.45. The fraction of sp³-hybridized carbons (Fsp3) is 1.00. The first-order valence-electron chi connectivity index (χ1n) is 6.22. The molecule has 2 unspecified atom stereocenters.